The Balaban J connectivity index is 1.70. The summed E-state index contributed by atoms with van der Waals surface area (Å²) in [5, 5.41) is 0.715. The topological polar surface area (TPSA) is 109 Å². The van der Waals surface area contributed by atoms with Gasteiger partial charge in [-0.05, 0) is 160 Å². The van der Waals surface area contributed by atoms with Gasteiger partial charge in [0.15, 0.2) is 0 Å². The van der Waals surface area contributed by atoms with Gasteiger partial charge in [0.1, 0.15) is 0 Å². The Bertz CT molecular complexity index is 2190. The van der Waals surface area contributed by atoms with E-state index in [1.807, 2.05) is 13.8 Å². The van der Waals surface area contributed by atoms with Gasteiger partial charge in [-0.2, -0.15) is 8.61 Å². The van der Waals surface area contributed by atoms with Gasteiger partial charge in [0.2, 0.25) is 0 Å². The third kappa shape index (κ3) is 7.07. The zero-order valence-electron chi connectivity index (χ0n) is 28.2. The van der Waals surface area contributed by atoms with Crippen molar-refractivity contribution in [3.05, 3.63) is 152 Å². The summed E-state index contributed by atoms with van der Waals surface area (Å²) in [6.45, 7) is 10.6. The Hall–Kier alpha value is -4.48. The number of hydrogen-bond donors (Lipinski definition) is 0. The maximum atomic E-state index is 14.4. The average Bonchev–Trinajstić information content (AvgIpc) is 3.05. The Kier molecular flexibility index (Phi) is 10.3. The largest absolute Gasteiger partial charge is 0.272 e. The summed E-state index contributed by atoms with van der Waals surface area (Å²) in [7, 11) is -9.05. The summed E-state index contributed by atoms with van der Waals surface area (Å²) in [6.07, 6.45) is 0. The molecule has 0 bridgehead atoms. The number of nitrogens with zero attached hydrogens (tertiary/aromatic N) is 2. The number of amides is 2. The van der Waals surface area contributed by atoms with Gasteiger partial charge >= 0.3 is 0 Å². The van der Waals surface area contributed by atoms with Crippen molar-refractivity contribution in [2.24, 2.45) is 0 Å². The fourth-order valence-corrected chi connectivity index (χ4v) is 9.17. The van der Waals surface area contributed by atoms with Crippen LogP contribution in [0, 0.1) is 41.5 Å². The van der Waals surface area contributed by atoms with Crippen LogP contribution in [-0.4, -0.2) is 28.6 Å². The second kappa shape index (κ2) is 14.0. The molecule has 258 valence electrons. The third-order valence-corrected chi connectivity index (χ3v) is 12.7. The van der Waals surface area contributed by atoms with Crippen LogP contribution in [0.15, 0.2) is 107 Å². The summed E-state index contributed by atoms with van der Waals surface area (Å²) >= 11 is 12.1. The fourth-order valence-electron chi connectivity index (χ4n) is 5.49. The first-order valence-corrected chi connectivity index (χ1v) is 19.0. The van der Waals surface area contributed by atoms with Crippen LogP contribution >= 0.6 is 23.2 Å². The molecule has 0 saturated heterocycles. The fraction of sp³-hybridized carbons (Fsp3) is 0.158. The average molecular weight is 750 g/mol. The molecular formula is C38H34Cl2N2O6S2. The number of carbonyl (C=O) groups excluding carboxylic acids is 2. The lowest BCUT2D eigenvalue weighted by molar-refractivity contribution is 0.0996. The SMILES string of the molecule is Cc1cc(C)c(S(=O)(=O)N(C(=O)c2ccc(Cl)cc2)c2ccc(N(C(=O)c3ccc(Cl)cc3)S(=O)(=O)c3cc(C)c(C)cc3C)cc2)cc1C. The van der Waals surface area contributed by atoms with Crippen molar-refractivity contribution in [2.45, 2.75) is 51.3 Å². The van der Waals surface area contributed by atoms with Crippen molar-refractivity contribution >= 4 is 66.4 Å². The minimum absolute atomic E-state index is 0.0517. The van der Waals surface area contributed by atoms with E-state index in [0.29, 0.717) is 40.9 Å². The maximum absolute atomic E-state index is 14.4. The van der Waals surface area contributed by atoms with Crippen LogP contribution in [0.2, 0.25) is 10.0 Å². The second-order valence-electron chi connectivity index (χ2n) is 12.1. The van der Waals surface area contributed by atoms with E-state index in [2.05, 4.69) is 0 Å². The normalized spacial score (nSPS) is 11.7. The molecular weight excluding hydrogens is 715 g/mol. The predicted octanol–water partition coefficient (Wildman–Crippen LogP) is 8.92. The van der Waals surface area contributed by atoms with E-state index >= 15 is 0 Å². The van der Waals surface area contributed by atoms with Gasteiger partial charge in [0.05, 0.1) is 21.2 Å². The van der Waals surface area contributed by atoms with Gasteiger partial charge in [-0.15, -0.1) is 0 Å². The molecule has 8 nitrogen and oxygen atoms in total. The summed E-state index contributed by atoms with van der Waals surface area (Å²) in [4.78, 5) is 28.0. The Morgan fingerprint density at radius 3 is 1.02 bits per heavy atom. The highest BCUT2D eigenvalue weighted by atomic mass is 35.5. The van der Waals surface area contributed by atoms with Crippen LogP contribution in [-0.2, 0) is 20.0 Å². The number of hydrogen-bond acceptors (Lipinski definition) is 6. The minimum Gasteiger partial charge on any atom is -0.268 e. The molecule has 0 atom stereocenters. The molecule has 50 heavy (non-hydrogen) atoms. The number of rotatable bonds is 8. The Morgan fingerprint density at radius 1 is 0.440 bits per heavy atom. The molecule has 0 saturated carbocycles. The highest BCUT2D eigenvalue weighted by molar-refractivity contribution is 7.94. The Morgan fingerprint density at radius 2 is 0.720 bits per heavy atom. The lowest BCUT2D eigenvalue weighted by Gasteiger charge is -2.26. The molecule has 5 rings (SSSR count). The molecule has 0 fully saturated rings. The van der Waals surface area contributed by atoms with Crippen LogP contribution in [0.5, 0.6) is 0 Å². The van der Waals surface area contributed by atoms with Gasteiger partial charge in [0, 0.05) is 21.2 Å². The van der Waals surface area contributed by atoms with E-state index in [0.717, 1.165) is 11.1 Å². The second-order valence-corrected chi connectivity index (χ2v) is 16.5. The van der Waals surface area contributed by atoms with Crippen molar-refractivity contribution in [1.29, 1.82) is 0 Å². The van der Waals surface area contributed by atoms with Crippen molar-refractivity contribution in [1.82, 2.24) is 0 Å². The quantitative estimate of drug-likeness (QED) is 0.157. The maximum Gasteiger partial charge on any atom is 0.272 e. The van der Waals surface area contributed by atoms with Crippen LogP contribution in [0.1, 0.15) is 54.1 Å². The van der Waals surface area contributed by atoms with Crippen molar-refractivity contribution in [2.75, 3.05) is 8.61 Å². The van der Waals surface area contributed by atoms with E-state index in [4.69, 9.17) is 23.2 Å². The first-order valence-electron chi connectivity index (χ1n) is 15.4. The molecule has 0 unspecified atom stereocenters. The lowest BCUT2D eigenvalue weighted by atomic mass is 10.1. The van der Waals surface area contributed by atoms with E-state index in [9.17, 15) is 26.4 Å². The summed E-state index contributed by atoms with van der Waals surface area (Å²) in [5.74, 6) is -1.72. The zero-order valence-corrected chi connectivity index (χ0v) is 31.3. The van der Waals surface area contributed by atoms with Crippen LogP contribution in [0.25, 0.3) is 0 Å². The number of aryl methyl sites for hydroxylation is 6. The minimum atomic E-state index is -4.52. The van der Waals surface area contributed by atoms with E-state index in [1.165, 1.54) is 84.9 Å². The standard InChI is InChI=1S/C38H34Cl2N2O6S2/c1-23-19-27(5)35(21-25(23)3)49(45,46)41(37(43)29-7-11-31(39)12-8-29)33-15-17-34(18-16-33)42(38(44)30-9-13-32(40)14-10-30)50(47,48)36-22-26(4)24(2)20-28(36)6/h7-22H,1-6H3. The van der Waals surface area contributed by atoms with E-state index in [-0.39, 0.29) is 32.3 Å². The van der Waals surface area contributed by atoms with Crippen LogP contribution < -0.4 is 8.61 Å². The van der Waals surface area contributed by atoms with Gasteiger partial charge < -0.3 is 0 Å². The first kappa shape index (κ1) is 36.8. The number of benzene rings is 5. The first-order chi connectivity index (χ1) is 23.4. The molecule has 0 N–H and O–H groups in total. The molecule has 5 aromatic carbocycles. The molecule has 12 heteroatoms. The predicted molar refractivity (Wildman–Crippen MR) is 199 cm³/mol. The Labute approximate surface area is 303 Å². The van der Waals surface area contributed by atoms with Gasteiger partial charge in [-0.1, -0.05) is 35.3 Å². The molecule has 0 aliphatic heterocycles. The smallest absolute Gasteiger partial charge is 0.268 e. The molecule has 0 radical (unpaired) electrons. The van der Waals surface area contributed by atoms with Crippen molar-refractivity contribution in [3.8, 4) is 0 Å². The molecule has 0 heterocycles. The molecule has 0 aromatic heterocycles. The highest BCUT2D eigenvalue weighted by Crippen LogP contribution is 2.34. The van der Waals surface area contributed by atoms with Crippen molar-refractivity contribution < 1.29 is 26.4 Å². The van der Waals surface area contributed by atoms with Crippen LogP contribution in [0.3, 0.4) is 0 Å². The van der Waals surface area contributed by atoms with E-state index < -0.39 is 31.9 Å². The molecule has 5 aromatic rings. The van der Waals surface area contributed by atoms with Crippen molar-refractivity contribution in [3.63, 3.8) is 0 Å². The molecule has 2 amide bonds. The third-order valence-electron chi connectivity index (χ3n) is 8.49. The van der Waals surface area contributed by atoms with Gasteiger partial charge in [0.25, 0.3) is 31.9 Å². The number of carbonyl (C=O) groups is 2. The molecule has 0 aliphatic carbocycles. The number of sulfonamides is 2. The van der Waals surface area contributed by atoms with E-state index in [1.54, 1.807) is 39.8 Å². The number of anilines is 2. The van der Waals surface area contributed by atoms with Gasteiger partial charge in [-0.3, -0.25) is 9.59 Å². The molecule has 0 spiro atoms. The summed E-state index contributed by atoms with van der Waals surface area (Å²) < 4.78 is 58.9. The summed E-state index contributed by atoms with van der Waals surface area (Å²) in [6, 6.07) is 23.2. The number of halogens is 2. The highest BCUT2D eigenvalue weighted by Gasteiger charge is 2.36. The van der Waals surface area contributed by atoms with Crippen LogP contribution in [0.4, 0.5) is 11.4 Å². The van der Waals surface area contributed by atoms with Gasteiger partial charge in [-0.25, -0.2) is 16.8 Å². The lowest BCUT2D eigenvalue weighted by Crippen LogP contribution is -2.38. The monoisotopic (exact) mass is 748 g/mol. The summed E-state index contributed by atoms with van der Waals surface area (Å²) in [5.41, 5.74) is 4.01. The molecule has 0 aliphatic rings. The zero-order chi connectivity index (χ0) is 36.7.